The van der Waals surface area contributed by atoms with E-state index in [-0.39, 0.29) is 11.3 Å². The summed E-state index contributed by atoms with van der Waals surface area (Å²) in [6, 6.07) is 6.71. The molecule has 1 heterocycles. The molecule has 0 radical (unpaired) electrons. The smallest absolute Gasteiger partial charge is 0.287 e. The largest absolute Gasteiger partial charge is 0.371 e. The first-order chi connectivity index (χ1) is 10.2. The van der Waals surface area contributed by atoms with Gasteiger partial charge in [-0.2, -0.15) is 5.26 Å². The van der Waals surface area contributed by atoms with Gasteiger partial charge in [0.25, 0.3) is 5.69 Å². The molecular formula is C15H20N4O2. The van der Waals surface area contributed by atoms with E-state index in [1.807, 2.05) is 6.07 Å². The average molecular weight is 288 g/mol. The summed E-state index contributed by atoms with van der Waals surface area (Å²) in [6.07, 6.45) is 2.21. The number of benzene rings is 1. The quantitative estimate of drug-likeness (QED) is 0.664. The highest BCUT2D eigenvalue weighted by Gasteiger charge is 2.21. The number of piperidine rings is 1. The standard InChI is InChI=1S/C15H20N4O2/c1-2-17-11-12-5-7-18(8-6-12)14-3-4-15(19(20)21)13(9-14)10-16/h3-4,9,12,17H,2,5-8,11H2,1H3. The van der Waals surface area contributed by atoms with Crippen molar-refractivity contribution >= 4 is 11.4 Å². The zero-order chi connectivity index (χ0) is 15.2. The number of nitro groups is 1. The van der Waals surface area contributed by atoms with Crippen LogP contribution in [0.25, 0.3) is 0 Å². The number of nitriles is 1. The first-order valence-corrected chi connectivity index (χ1v) is 7.30. The summed E-state index contributed by atoms with van der Waals surface area (Å²) in [5, 5.41) is 23.3. The second-order valence-electron chi connectivity index (χ2n) is 5.31. The first kappa shape index (κ1) is 15.3. The molecule has 0 bridgehead atoms. The van der Waals surface area contributed by atoms with Crippen LogP contribution < -0.4 is 10.2 Å². The maximum Gasteiger partial charge on any atom is 0.287 e. The highest BCUT2D eigenvalue weighted by atomic mass is 16.6. The fourth-order valence-corrected chi connectivity index (χ4v) is 2.71. The highest BCUT2D eigenvalue weighted by molar-refractivity contribution is 5.60. The Morgan fingerprint density at radius 3 is 2.76 bits per heavy atom. The second-order valence-corrected chi connectivity index (χ2v) is 5.31. The maximum atomic E-state index is 10.8. The Bertz CT molecular complexity index is 545. The number of nitrogens with one attached hydrogen (secondary N) is 1. The molecule has 112 valence electrons. The summed E-state index contributed by atoms with van der Waals surface area (Å²) in [5.41, 5.74) is 0.912. The van der Waals surface area contributed by atoms with Gasteiger partial charge in [0.1, 0.15) is 11.6 Å². The van der Waals surface area contributed by atoms with Gasteiger partial charge in [0.05, 0.1) is 4.92 Å². The van der Waals surface area contributed by atoms with Crippen molar-refractivity contribution in [1.29, 1.82) is 5.26 Å². The lowest BCUT2D eigenvalue weighted by Crippen LogP contribution is -2.37. The fraction of sp³-hybridized carbons (Fsp3) is 0.533. The number of nitrogens with zero attached hydrogens (tertiary/aromatic N) is 3. The molecule has 1 N–H and O–H groups in total. The summed E-state index contributed by atoms with van der Waals surface area (Å²) in [5.74, 6) is 0.690. The van der Waals surface area contributed by atoms with E-state index in [0.29, 0.717) is 5.92 Å². The van der Waals surface area contributed by atoms with Crippen molar-refractivity contribution in [2.75, 3.05) is 31.1 Å². The lowest BCUT2D eigenvalue weighted by atomic mass is 9.96. The molecule has 0 spiro atoms. The van der Waals surface area contributed by atoms with E-state index in [1.165, 1.54) is 6.07 Å². The van der Waals surface area contributed by atoms with E-state index in [4.69, 9.17) is 5.26 Å². The Morgan fingerprint density at radius 1 is 1.48 bits per heavy atom. The number of nitro benzene ring substituents is 1. The second kappa shape index (κ2) is 7.04. The zero-order valence-corrected chi connectivity index (χ0v) is 12.2. The summed E-state index contributed by atoms with van der Waals surface area (Å²) in [4.78, 5) is 12.5. The van der Waals surface area contributed by atoms with Crippen molar-refractivity contribution in [3.05, 3.63) is 33.9 Å². The zero-order valence-electron chi connectivity index (χ0n) is 12.2. The van der Waals surface area contributed by atoms with Crippen molar-refractivity contribution in [2.45, 2.75) is 19.8 Å². The van der Waals surface area contributed by atoms with Crippen LogP contribution in [0.1, 0.15) is 25.3 Å². The molecule has 1 aliphatic rings. The van der Waals surface area contributed by atoms with Gasteiger partial charge in [-0.15, -0.1) is 0 Å². The van der Waals surface area contributed by atoms with Gasteiger partial charge in [-0.25, -0.2) is 0 Å². The average Bonchev–Trinajstić information content (AvgIpc) is 2.52. The fourth-order valence-electron chi connectivity index (χ4n) is 2.71. The topological polar surface area (TPSA) is 82.2 Å². The molecule has 0 saturated carbocycles. The van der Waals surface area contributed by atoms with Crippen LogP contribution in [0.5, 0.6) is 0 Å². The van der Waals surface area contributed by atoms with Crippen LogP contribution in [-0.2, 0) is 0 Å². The van der Waals surface area contributed by atoms with Crippen LogP contribution in [0.3, 0.4) is 0 Å². The molecule has 1 fully saturated rings. The number of anilines is 1. The third-order valence-corrected chi connectivity index (χ3v) is 3.96. The van der Waals surface area contributed by atoms with Gasteiger partial charge in [-0.3, -0.25) is 10.1 Å². The van der Waals surface area contributed by atoms with E-state index in [9.17, 15) is 10.1 Å². The van der Waals surface area contributed by atoms with E-state index in [0.717, 1.165) is 44.7 Å². The van der Waals surface area contributed by atoms with Gasteiger partial charge in [0.15, 0.2) is 0 Å². The van der Waals surface area contributed by atoms with Gasteiger partial charge >= 0.3 is 0 Å². The van der Waals surface area contributed by atoms with Crippen molar-refractivity contribution < 1.29 is 4.92 Å². The monoisotopic (exact) mass is 288 g/mol. The third-order valence-electron chi connectivity index (χ3n) is 3.96. The third kappa shape index (κ3) is 3.70. The van der Waals surface area contributed by atoms with Crippen LogP contribution >= 0.6 is 0 Å². The van der Waals surface area contributed by atoms with Crippen LogP contribution in [0.2, 0.25) is 0 Å². The minimum Gasteiger partial charge on any atom is -0.371 e. The molecule has 21 heavy (non-hydrogen) atoms. The Labute approximate surface area is 124 Å². The molecule has 2 rings (SSSR count). The molecular weight excluding hydrogens is 268 g/mol. The molecule has 1 saturated heterocycles. The SMILES string of the molecule is CCNCC1CCN(c2ccc([N+](=O)[O-])c(C#N)c2)CC1. The van der Waals surface area contributed by atoms with E-state index >= 15 is 0 Å². The highest BCUT2D eigenvalue weighted by Crippen LogP contribution is 2.27. The van der Waals surface area contributed by atoms with Gasteiger partial charge in [-0.05, 0) is 44.0 Å². The Hall–Kier alpha value is -2.13. The van der Waals surface area contributed by atoms with Crippen LogP contribution in [0, 0.1) is 27.4 Å². The van der Waals surface area contributed by atoms with Crippen molar-refractivity contribution in [1.82, 2.24) is 5.32 Å². The van der Waals surface area contributed by atoms with Crippen LogP contribution in [-0.4, -0.2) is 31.1 Å². The molecule has 0 atom stereocenters. The summed E-state index contributed by atoms with van der Waals surface area (Å²) in [6.45, 7) is 6.01. The molecule has 0 aromatic heterocycles. The Balaban J connectivity index is 2.04. The van der Waals surface area contributed by atoms with E-state index in [1.54, 1.807) is 12.1 Å². The summed E-state index contributed by atoms with van der Waals surface area (Å²) < 4.78 is 0. The molecule has 6 heteroatoms. The van der Waals surface area contributed by atoms with Gasteiger partial charge in [0.2, 0.25) is 0 Å². The van der Waals surface area contributed by atoms with Crippen molar-refractivity contribution in [3.8, 4) is 6.07 Å². The minimum atomic E-state index is -0.509. The van der Waals surface area contributed by atoms with Gasteiger partial charge in [0, 0.05) is 24.8 Å². The van der Waals surface area contributed by atoms with E-state index in [2.05, 4.69) is 17.1 Å². The molecule has 0 unspecified atom stereocenters. The normalized spacial score (nSPS) is 15.7. The van der Waals surface area contributed by atoms with Crippen LogP contribution in [0.15, 0.2) is 18.2 Å². The Kier molecular flexibility index (Phi) is 5.12. The first-order valence-electron chi connectivity index (χ1n) is 7.30. The maximum absolute atomic E-state index is 10.8. The summed E-state index contributed by atoms with van der Waals surface area (Å²) in [7, 11) is 0. The Morgan fingerprint density at radius 2 is 2.19 bits per heavy atom. The summed E-state index contributed by atoms with van der Waals surface area (Å²) >= 11 is 0. The molecule has 1 aliphatic heterocycles. The van der Waals surface area contributed by atoms with E-state index < -0.39 is 4.92 Å². The molecule has 1 aromatic rings. The number of hydrogen-bond acceptors (Lipinski definition) is 5. The number of rotatable bonds is 5. The molecule has 0 aliphatic carbocycles. The van der Waals surface area contributed by atoms with Crippen molar-refractivity contribution in [2.24, 2.45) is 5.92 Å². The minimum absolute atomic E-state index is 0.122. The predicted octanol–water partition coefficient (Wildman–Crippen LogP) is 2.29. The molecule has 1 aromatic carbocycles. The van der Waals surface area contributed by atoms with Crippen LogP contribution in [0.4, 0.5) is 11.4 Å². The van der Waals surface area contributed by atoms with Crippen molar-refractivity contribution in [3.63, 3.8) is 0 Å². The van der Waals surface area contributed by atoms with Gasteiger partial charge < -0.3 is 10.2 Å². The van der Waals surface area contributed by atoms with Gasteiger partial charge in [-0.1, -0.05) is 6.92 Å². The number of hydrogen-bond donors (Lipinski definition) is 1. The molecule has 0 amide bonds. The predicted molar refractivity (Wildman–Crippen MR) is 81.3 cm³/mol. The lowest BCUT2D eigenvalue weighted by Gasteiger charge is -2.33. The molecule has 6 nitrogen and oxygen atoms in total. The lowest BCUT2D eigenvalue weighted by molar-refractivity contribution is -0.385.